The lowest BCUT2D eigenvalue weighted by Crippen LogP contribution is -2.37. The highest BCUT2D eigenvalue weighted by atomic mass is 35.5. The molecular weight excluding hydrogens is 403 g/mol. The minimum atomic E-state index is -4.52. The van der Waals surface area contributed by atoms with Crippen LogP contribution in [0.2, 0.25) is 5.02 Å². The summed E-state index contributed by atoms with van der Waals surface area (Å²) >= 11 is 6.23. The van der Waals surface area contributed by atoms with E-state index in [-0.39, 0.29) is 5.69 Å². The van der Waals surface area contributed by atoms with Crippen molar-refractivity contribution in [3.63, 3.8) is 0 Å². The molecule has 148 valence electrons. The summed E-state index contributed by atoms with van der Waals surface area (Å²) in [5, 5.41) is 3.01. The van der Waals surface area contributed by atoms with Crippen molar-refractivity contribution < 1.29 is 22.7 Å². The van der Waals surface area contributed by atoms with E-state index in [1.807, 2.05) is 0 Å². The Morgan fingerprint density at radius 2 is 1.69 bits per heavy atom. The third-order valence-corrected chi connectivity index (χ3v) is 5.35. The van der Waals surface area contributed by atoms with Crippen molar-refractivity contribution in [1.82, 2.24) is 0 Å². The molecule has 3 nitrogen and oxygen atoms in total. The monoisotopic (exact) mass is 417 g/mol. The van der Waals surface area contributed by atoms with Gasteiger partial charge < -0.3 is 10.1 Å². The second kappa shape index (κ2) is 6.81. The first-order valence-corrected chi connectivity index (χ1v) is 9.09. The molecule has 1 heterocycles. The number of nitrogens with one attached hydrogen (secondary N) is 1. The number of methoxy groups -OCH3 is 1. The molecule has 1 atom stereocenters. The predicted molar refractivity (Wildman–Crippen MR) is 104 cm³/mol. The van der Waals surface area contributed by atoms with E-state index in [1.54, 1.807) is 48.5 Å². The lowest BCUT2D eigenvalue weighted by Gasteiger charge is -2.30. The summed E-state index contributed by atoms with van der Waals surface area (Å²) in [6, 6.07) is 17.0. The molecule has 7 heteroatoms. The Hall–Kier alpha value is -2.99. The third-order valence-electron chi connectivity index (χ3n) is 5.11. The molecule has 0 fully saturated rings. The molecule has 0 radical (unpaired) electrons. The molecule has 29 heavy (non-hydrogen) atoms. The van der Waals surface area contributed by atoms with Crippen LogP contribution in [0.1, 0.15) is 22.3 Å². The molecule has 1 unspecified atom stereocenters. The summed E-state index contributed by atoms with van der Waals surface area (Å²) < 4.78 is 45.1. The number of carbonyl (C=O) groups excluding carboxylic acids is 1. The van der Waals surface area contributed by atoms with Gasteiger partial charge in [-0.15, -0.1) is 0 Å². The highest BCUT2D eigenvalue weighted by Crippen LogP contribution is 2.51. The molecule has 1 aliphatic heterocycles. The molecule has 3 aromatic rings. The molecule has 1 amide bonds. The van der Waals surface area contributed by atoms with E-state index in [4.69, 9.17) is 16.3 Å². The molecule has 0 aliphatic carbocycles. The third kappa shape index (κ3) is 2.95. The van der Waals surface area contributed by atoms with E-state index in [1.165, 1.54) is 13.2 Å². The van der Waals surface area contributed by atoms with Crippen LogP contribution in [0.15, 0.2) is 66.7 Å². The Balaban J connectivity index is 2.08. The molecule has 0 spiro atoms. The van der Waals surface area contributed by atoms with Crippen molar-refractivity contribution >= 4 is 23.2 Å². The maximum absolute atomic E-state index is 13.4. The van der Waals surface area contributed by atoms with Crippen LogP contribution in [0, 0.1) is 0 Å². The smallest absolute Gasteiger partial charge is 0.416 e. The fraction of sp³-hybridized carbons (Fsp3) is 0.136. The average Bonchev–Trinajstić information content (AvgIpc) is 2.99. The zero-order valence-corrected chi connectivity index (χ0v) is 15.9. The first kappa shape index (κ1) is 19.3. The first-order chi connectivity index (χ1) is 13.8. The van der Waals surface area contributed by atoms with Gasteiger partial charge >= 0.3 is 6.18 Å². The molecular formula is C22H15ClF3NO2. The second-order valence-electron chi connectivity index (χ2n) is 6.67. The number of carbonyl (C=O) groups is 1. The predicted octanol–water partition coefficient (Wildman–Crippen LogP) is 5.65. The number of rotatable bonds is 3. The largest absolute Gasteiger partial charge is 0.496 e. The van der Waals surface area contributed by atoms with Gasteiger partial charge in [0.05, 0.1) is 12.7 Å². The zero-order valence-electron chi connectivity index (χ0n) is 15.2. The summed E-state index contributed by atoms with van der Waals surface area (Å²) in [5.74, 6) is -0.0697. The summed E-state index contributed by atoms with van der Waals surface area (Å²) in [5.41, 5.74) is -0.681. The Labute approximate surface area is 170 Å². The second-order valence-corrected chi connectivity index (χ2v) is 7.11. The topological polar surface area (TPSA) is 38.3 Å². The van der Waals surface area contributed by atoms with Crippen molar-refractivity contribution in [2.24, 2.45) is 0 Å². The van der Waals surface area contributed by atoms with Crippen LogP contribution in [-0.2, 0) is 16.4 Å². The highest BCUT2D eigenvalue weighted by molar-refractivity contribution is 6.30. The summed E-state index contributed by atoms with van der Waals surface area (Å²) in [7, 11) is 1.46. The van der Waals surface area contributed by atoms with Crippen molar-refractivity contribution in [2.45, 2.75) is 11.6 Å². The molecule has 4 rings (SSSR count). The van der Waals surface area contributed by atoms with E-state index in [2.05, 4.69) is 5.32 Å². The van der Waals surface area contributed by atoms with E-state index in [9.17, 15) is 18.0 Å². The van der Waals surface area contributed by atoms with Gasteiger partial charge in [0.2, 0.25) is 5.91 Å². The summed E-state index contributed by atoms with van der Waals surface area (Å²) in [6.45, 7) is 0. The maximum Gasteiger partial charge on any atom is 0.416 e. The van der Waals surface area contributed by atoms with Gasteiger partial charge in [-0.25, -0.2) is 0 Å². The Morgan fingerprint density at radius 3 is 2.34 bits per heavy atom. The summed E-state index contributed by atoms with van der Waals surface area (Å²) in [4.78, 5) is 13.4. The van der Waals surface area contributed by atoms with Crippen LogP contribution in [-0.4, -0.2) is 13.0 Å². The minimum Gasteiger partial charge on any atom is -0.496 e. The minimum absolute atomic E-state index is 0.107. The highest BCUT2D eigenvalue weighted by Gasteiger charge is 2.52. The lowest BCUT2D eigenvalue weighted by molar-refractivity contribution is -0.137. The van der Waals surface area contributed by atoms with E-state index in [0.717, 1.165) is 12.1 Å². The van der Waals surface area contributed by atoms with Crippen molar-refractivity contribution in [3.05, 3.63) is 94.0 Å². The van der Waals surface area contributed by atoms with Crippen LogP contribution < -0.4 is 10.1 Å². The molecule has 0 bridgehead atoms. The van der Waals surface area contributed by atoms with E-state index in [0.29, 0.717) is 27.5 Å². The SMILES string of the molecule is COc1ccc(Cl)cc1C1(c2ccccc2)C(=O)Nc2cc(C(F)(F)F)ccc21. The number of anilines is 1. The molecule has 0 saturated heterocycles. The average molecular weight is 418 g/mol. The zero-order chi connectivity index (χ0) is 20.8. The normalized spacial score (nSPS) is 18.3. The number of amides is 1. The van der Waals surface area contributed by atoms with Gasteiger partial charge in [-0.05, 0) is 35.9 Å². The molecule has 3 aromatic carbocycles. The lowest BCUT2D eigenvalue weighted by atomic mass is 9.69. The number of alkyl halides is 3. The van der Waals surface area contributed by atoms with Gasteiger partial charge in [-0.1, -0.05) is 48.0 Å². The fourth-order valence-electron chi connectivity index (χ4n) is 3.86. The van der Waals surface area contributed by atoms with E-state index < -0.39 is 23.1 Å². The quantitative estimate of drug-likeness (QED) is 0.597. The maximum atomic E-state index is 13.4. The van der Waals surface area contributed by atoms with Gasteiger partial charge in [0.25, 0.3) is 0 Å². The van der Waals surface area contributed by atoms with Crippen LogP contribution in [0.5, 0.6) is 5.75 Å². The van der Waals surface area contributed by atoms with Gasteiger partial charge in [-0.2, -0.15) is 13.2 Å². The van der Waals surface area contributed by atoms with Crippen molar-refractivity contribution in [3.8, 4) is 5.75 Å². The van der Waals surface area contributed by atoms with Crippen molar-refractivity contribution in [1.29, 1.82) is 0 Å². The van der Waals surface area contributed by atoms with E-state index >= 15 is 0 Å². The molecule has 1 aliphatic rings. The van der Waals surface area contributed by atoms with Crippen LogP contribution in [0.4, 0.5) is 18.9 Å². The Kier molecular flexibility index (Phi) is 4.54. The van der Waals surface area contributed by atoms with Gasteiger partial charge in [0, 0.05) is 21.8 Å². The van der Waals surface area contributed by atoms with Gasteiger partial charge in [0.15, 0.2) is 0 Å². The summed E-state index contributed by atoms with van der Waals surface area (Å²) in [6.07, 6.45) is -4.52. The molecule has 0 saturated carbocycles. The standard InChI is InChI=1S/C22H15ClF3NO2/c1-29-19-10-8-15(23)12-17(19)21(13-5-3-2-4-6-13)16-9-7-14(22(24,25)26)11-18(16)27-20(21)28/h2-12H,1H3,(H,27,28). The number of fused-ring (bicyclic) bond motifs is 1. The van der Waals surface area contributed by atoms with Gasteiger partial charge in [-0.3, -0.25) is 4.79 Å². The van der Waals surface area contributed by atoms with Crippen LogP contribution >= 0.6 is 11.6 Å². The number of halogens is 4. The number of ether oxygens (including phenoxy) is 1. The molecule has 1 N–H and O–H groups in total. The number of hydrogen-bond donors (Lipinski definition) is 1. The Bertz CT molecular complexity index is 1100. The Morgan fingerprint density at radius 1 is 0.966 bits per heavy atom. The van der Waals surface area contributed by atoms with Crippen LogP contribution in [0.3, 0.4) is 0 Å². The van der Waals surface area contributed by atoms with Crippen molar-refractivity contribution in [2.75, 3.05) is 12.4 Å². The van der Waals surface area contributed by atoms with Crippen LogP contribution in [0.25, 0.3) is 0 Å². The van der Waals surface area contributed by atoms with Gasteiger partial charge in [0.1, 0.15) is 11.2 Å². The fourth-order valence-corrected chi connectivity index (χ4v) is 4.03. The first-order valence-electron chi connectivity index (χ1n) is 8.71. The number of benzene rings is 3. The number of hydrogen-bond acceptors (Lipinski definition) is 2. The molecule has 0 aromatic heterocycles.